The van der Waals surface area contributed by atoms with Gasteiger partial charge in [-0.25, -0.2) is 0 Å². The van der Waals surface area contributed by atoms with Gasteiger partial charge in [0.05, 0.1) is 6.04 Å². The minimum absolute atomic E-state index is 0.0376. The molecule has 6 nitrogen and oxygen atoms in total. The molecule has 2 rings (SSSR count). The number of hydrogen-bond acceptors (Lipinski definition) is 4. The van der Waals surface area contributed by atoms with E-state index in [1.807, 2.05) is 19.1 Å². The van der Waals surface area contributed by atoms with Gasteiger partial charge < -0.3 is 11.1 Å². The summed E-state index contributed by atoms with van der Waals surface area (Å²) >= 11 is 5.89. The number of nitrogens with two attached hydrogens (primary N) is 1. The Balaban J connectivity index is 2.07. The van der Waals surface area contributed by atoms with Gasteiger partial charge in [0.15, 0.2) is 0 Å². The van der Waals surface area contributed by atoms with Crippen LogP contribution in [0, 0.1) is 0 Å². The van der Waals surface area contributed by atoms with Crippen molar-refractivity contribution in [3.8, 4) is 0 Å². The van der Waals surface area contributed by atoms with Crippen LogP contribution in [-0.2, 0) is 0 Å². The molecule has 1 atom stereocenters. The van der Waals surface area contributed by atoms with Crippen LogP contribution in [0.1, 0.15) is 29.1 Å². The summed E-state index contributed by atoms with van der Waals surface area (Å²) in [5.41, 5.74) is 6.23. The fraction of sp³-hybridized carbons (Fsp3) is 0.182. The summed E-state index contributed by atoms with van der Waals surface area (Å²) in [4.78, 5) is 15.5. The van der Waals surface area contributed by atoms with Crippen LogP contribution in [0.4, 0.5) is 5.95 Å². The standard InChI is InChI=1S/C11H12ClN5O/c1-6(7-3-2-4-8(12)5-7)14-10(18)9-15-11(13)17-16-9/h2-6H,1H3,(H,14,18)(H3,13,15,16,17)/t6-/m0/s1. The van der Waals surface area contributed by atoms with Crippen molar-refractivity contribution in [1.29, 1.82) is 0 Å². The van der Waals surface area contributed by atoms with E-state index < -0.39 is 0 Å². The maximum atomic E-state index is 11.8. The minimum Gasteiger partial charge on any atom is -0.366 e. The summed E-state index contributed by atoms with van der Waals surface area (Å²) in [5.74, 6) is -0.247. The molecule has 1 amide bonds. The number of halogens is 1. The first kappa shape index (κ1) is 12.4. The molecule has 4 N–H and O–H groups in total. The Morgan fingerprint density at radius 3 is 2.94 bits per heavy atom. The molecule has 0 aliphatic rings. The second-order valence-electron chi connectivity index (χ2n) is 3.79. The van der Waals surface area contributed by atoms with Crippen molar-refractivity contribution in [3.63, 3.8) is 0 Å². The average molecular weight is 266 g/mol. The molecular formula is C11H12ClN5O. The highest BCUT2D eigenvalue weighted by molar-refractivity contribution is 6.30. The number of nitrogen functional groups attached to an aromatic ring is 1. The number of anilines is 1. The van der Waals surface area contributed by atoms with E-state index in [0.717, 1.165) is 5.56 Å². The SMILES string of the molecule is C[C@H](NC(=O)c1nc(N)n[nH]1)c1cccc(Cl)c1. The maximum Gasteiger partial charge on any atom is 0.289 e. The van der Waals surface area contributed by atoms with Crippen molar-refractivity contribution < 1.29 is 4.79 Å². The number of carbonyl (C=O) groups excluding carboxylic acids is 1. The van der Waals surface area contributed by atoms with Gasteiger partial charge in [0.1, 0.15) is 0 Å². The predicted octanol–water partition coefficient (Wildman–Crippen LogP) is 1.53. The molecule has 0 aliphatic heterocycles. The third-order valence-electron chi connectivity index (χ3n) is 2.41. The molecule has 2 aromatic rings. The maximum absolute atomic E-state index is 11.8. The molecule has 0 bridgehead atoms. The molecule has 0 aliphatic carbocycles. The van der Waals surface area contributed by atoms with E-state index in [1.54, 1.807) is 12.1 Å². The van der Waals surface area contributed by atoms with Crippen LogP contribution >= 0.6 is 11.6 Å². The first-order chi connectivity index (χ1) is 8.56. The zero-order valence-electron chi connectivity index (χ0n) is 9.64. The van der Waals surface area contributed by atoms with E-state index in [2.05, 4.69) is 20.5 Å². The number of rotatable bonds is 3. The quantitative estimate of drug-likeness (QED) is 0.784. The first-order valence-corrected chi connectivity index (χ1v) is 5.68. The molecular weight excluding hydrogens is 254 g/mol. The lowest BCUT2D eigenvalue weighted by Crippen LogP contribution is -2.27. The van der Waals surface area contributed by atoms with Gasteiger partial charge in [-0.15, -0.1) is 5.10 Å². The van der Waals surface area contributed by atoms with E-state index in [4.69, 9.17) is 17.3 Å². The number of amides is 1. The fourth-order valence-electron chi connectivity index (χ4n) is 1.50. The van der Waals surface area contributed by atoms with Crippen molar-refractivity contribution in [2.45, 2.75) is 13.0 Å². The van der Waals surface area contributed by atoms with E-state index in [9.17, 15) is 4.79 Å². The zero-order chi connectivity index (χ0) is 13.1. The topological polar surface area (TPSA) is 96.7 Å². The van der Waals surface area contributed by atoms with E-state index in [-0.39, 0.29) is 23.7 Å². The summed E-state index contributed by atoms with van der Waals surface area (Å²) in [5, 5.41) is 9.43. The molecule has 1 aromatic heterocycles. The highest BCUT2D eigenvalue weighted by atomic mass is 35.5. The Morgan fingerprint density at radius 2 is 2.33 bits per heavy atom. The highest BCUT2D eigenvalue weighted by Crippen LogP contribution is 2.17. The number of aromatic nitrogens is 3. The van der Waals surface area contributed by atoms with Crippen LogP contribution in [0.5, 0.6) is 0 Å². The van der Waals surface area contributed by atoms with Gasteiger partial charge in [-0.05, 0) is 24.6 Å². The second kappa shape index (κ2) is 5.05. The normalized spacial score (nSPS) is 12.1. The number of H-pyrrole nitrogens is 1. The summed E-state index contributed by atoms with van der Waals surface area (Å²) < 4.78 is 0. The molecule has 1 aromatic carbocycles. The van der Waals surface area contributed by atoms with Gasteiger partial charge >= 0.3 is 0 Å². The Morgan fingerprint density at radius 1 is 1.56 bits per heavy atom. The Kier molecular flexibility index (Phi) is 3.47. The number of nitrogens with one attached hydrogen (secondary N) is 2. The van der Waals surface area contributed by atoms with Crippen LogP contribution in [-0.4, -0.2) is 21.1 Å². The van der Waals surface area contributed by atoms with Crippen LogP contribution in [0.3, 0.4) is 0 Å². The average Bonchev–Trinajstić information content (AvgIpc) is 2.76. The van der Waals surface area contributed by atoms with E-state index >= 15 is 0 Å². The van der Waals surface area contributed by atoms with Crippen molar-refractivity contribution >= 4 is 23.5 Å². The number of hydrogen-bond donors (Lipinski definition) is 3. The number of benzene rings is 1. The van der Waals surface area contributed by atoms with E-state index in [1.165, 1.54) is 0 Å². The van der Waals surface area contributed by atoms with E-state index in [0.29, 0.717) is 5.02 Å². The lowest BCUT2D eigenvalue weighted by Gasteiger charge is -2.13. The molecule has 94 valence electrons. The lowest BCUT2D eigenvalue weighted by molar-refractivity contribution is 0.0930. The molecule has 0 unspecified atom stereocenters. The van der Waals surface area contributed by atoms with Crippen molar-refractivity contribution in [3.05, 3.63) is 40.7 Å². The van der Waals surface area contributed by atoms with Gasteiger partial charge in [-0.1, -0.05) is 23.7 Å². The lowest BCUT2D eigenvalue weighted by atomic mass is 10.1. The number of nitrogens with zero attached hydrogens (tertiary/aromatic N) is 2. The molecule has 0 spiro atoms. The monoisotopic (exact) mass is 265 g/mol. The molecule has 7 heteroatoms. The molecule has 0 radical (unpaired) electrons. The van der Waals surface area contributed by atoms with Crippen LogP contribution in [0.15, 0.2) is 24.3 Å². The number of carbonyl (C=O) groups is 1. The van der Waals surface area contributed by atoms with Gasteiger partial charge in [0.25, 0.3) is 5.91 Å². The summed E-state index contributed by atoms with van der Waals surface area (Å²) in [6.45, 7) is 1.85. The fourth-order valence-corrected chi connectivity index (χ4v) is 1.70. The zero-order valence-corrected chi connectivity index (χ0v) is 10.4. The Labute approximate surface area is 109 Å². The molecule has 18 heavy (non-hydrogen) atoms. The van der Waals surface area contributed by atoms with Crippen molar-refractivity contribution in [2.24, 2.45) is 0 Å². The first-order valence-electron chi connectivity index (χ1n) is 5.30. The Hall–Kier alpha value is -2.08. The van der Waals surface area contributed by atoms with Gasteiger partial charge in [0, 0.05) is 5.02 Å². The summed E-state index contributed by atoms with van der Waals surface area (Å²) in [6.07, 6.45) is 0. The van der Waals surface area contributed by atoms with Gasteiger partial charge in [-0.2, -0.15) is 4.98 Å². The second-order valence-corrected chi connectivity index (χ2v) is 4.23. The largest absolute Gasteiger partial charge is 0.366 e. The van der Waals surface area contributed by atoms with Crippen LogP contribution in [0.25, 0.3) is 0 Å². The van der Waals surface area contributed by atoms with Crippen LogP contribution < -0.4 is 11.1 Å². The predicted molar refractivity (Wildman–Crippen MR) is 68.1 cm³/mol. The third kappa shape index (κ3) is 2.78. The van der Waals surface area contributed by atoms with Gasteiger partial charge in [0.2, 0.25) is 11.8 Å². The van der Waals surface area contributed by atoms with Crippen LogP contribution in [0.2, 0.25) is 5.02 Å². The van der Waals surface area contributed by atoms with Crippen molar-refractivity contribution in [2.75, 3.05) is 5.73 Å². The molecule has 1 heterocycles. The highest BCUT2D eigenvalue weighted by Gasteiger charge is 2.14. The summed E-state index contributed by atoms with van der Waals surface area (Å²) in [6, 6.07) is 7.08. The number of aromatic amines is 1. The molecule has 0 saturated carbocycles. The minimum atomic E-state index is -0.369. The Bertz CT molecular complexity index is 568. The molecule has 0 fully saturated rings. The third-order valence-corrected chi connectivity index (χ3v) is 2.65. The summed E-state index contributed by atoms with van der Waals surface area (Å²) in [7, 11) is 0. The molecule has 0 saturated heterocycles. The van der Waals surface area contributed by atoms with Crippen molar-refractivity contribution in [1.82, 2.24) is 20.5 Å². The van der Waals surface area contributed by atoms with Gasteiger partial charge in [-0.3, -0.25) is 9.89 Å². The smallest absolute Gasteiger partial charge is 0.289 e.